The molecule has 8 heteroatoms. The second kappa shape index (κ2) is 4.44. The molecule has 0 aliphatic heterocycles. The Morgan fingerprint density at radius 1 is 0.476 bits per heavy atom. The molecule has 0 saturated carbocycles. The molecule has 21 heavy (non-hydrogen) atoms. The fraction of sp³-hybridized carbons (Fsp3) is 0.0769. The molecule has 0 N–H and O–H groups in total. The Balaban J connectivity index is 2.10. The van der Waals surface area contributed by atoms with E-state index in [0.29, 0.717) is 0 Å². The zero-order valence-electron chi connectivity index (χ0n) is 11.0. The summed E-state index contributed by atoms with van der Waals surface area (Å²) in [6.45, 7) is 0. The molecular weight excluding hydrogens is 268 g/mol. The summed E-state index contributed by atoms with van der Waals surface area (Å²) in [5.41, 5.74) is 0. The summed E-state index contributed by atoms with van der Waals surface area (Å²) in [6, 6.07) is 7.41. The zero-order valence-corrected chi connectivity index (χ0v) is 11.0. The highest BCUT2D eigenvalue weighted by Gasteiger charge is 2.41. The highest BCUT2D eigenvalue weighted by atomic mass is 15.7. The third-order valence-electron chi connectivity index (χ3n) is 3.25. The van der Waals surface area contributed by atoms with Gasteiger partial charge in [-0.25, -0.2) is 18.7 Å². The van der Waals surface area contributed by atoms with Crippen molar-refractivity contribution in [3.8, 4) is 0 Å². The highest BCUT2D eigenvalue weighted by Crippen LogP contribution is 2.21. The summed E-state index contributed by atoms with van der Waals surface area (Å²) in [6.07, 6.45) is 14.3. The quantitative estimate of drug-likeness (QED) is 0.551. The summed E-state index contributed by atoms with van der Waals surface area (Å²) < 4.78 is 7.00. The lowest BCUT2D eigenvalue weighted by Crippen LogP contribution is -2.55. The number of rotatable bonds is 4. The summed E-state index contributed by atoms with van der Waals surface area (Å²) in [4.78, 5) is 0. The van der Waals surface area contributed by atoms with E-state index in [4.69, 9.17) is 0 Å². The molecule has 0 radical (unpaired) electrons. The van der Waals surface area contributed by atoms with Crippen LogP contribution in [-0.2, 0) is 5.91 Å². The van der Waals surface area contributed by atoms with E-state index in [-0.39, 0.29) is 0 Å². The Bertz CT molecular complexity index is 638. The maximum atomic E-state index is 4.39. The van der Waals surface area contributed by atoms with E-state index < -0.39 is 5.91 Å². The van der Waals surface area contributed by atoms with Crippen molar-refractivity contribution in [1.29, 1.82) is 0 Å². The lowest BCUT2D eigenvalue weighted by molar-refractivity contribution is 0.0620. The Hall–Kier alpha value is -3.16. The van der Waals surface area contributed by atoms with Crippen LogP contribution in [0.3, 0.4) is 0 Å². The molecule has 4 aromatic rings. The molecule has 4 heterocycles. The van der Waals surface area contributed by atoms with Crippen LogP contribution in [0.4, 0.5) is 0 Å². The van der Waals surface area contributed by atoms with Crippen molar-refractivity contribution in [3.63, 3.8) is 0 Å². The highest BCUT2D eigenvalue weighted by molar-refractivity contribution is 4.99. The van der Waals surface area contributed by atoms with Gasteiger partial charge in [0, 0.05) is 49.6 Å². The molecular formula is C13H12N8. The summed E-state index contributed by atoms with van der Waals surface area (Å²) in [7, 11) is 0. The van der Waals surface area contributed by atoms with Crippen molar-refractivity contribution in [3.05, 3.63) is 73.8 Å². The molecule has 104 valence electrons. The summed E-state index contributed by atoms with van der Waals surface area (Å²) in [5.74, 6) is -0.986. The third-order valence-corrected chi connectivity index (χ3v) is 3.25. The SMILES string of the molecule is c1cnn(C(n2cccn2)(n2cccn2)n2cccn2)c1. The van der Waals surface area contributed by atoms with Crippen LogP contribution in [0.5, 0.6) is 0 Å². The minimum Gasteiger partial charge on any atom is -0.205 e. The molecule has 4 aromatic heterocycles. The van der Waals surface area contributed by atoms with E-state index in [1.165, 1.54) is 0 Å². The molecule has 0 aliphatic rings. The monoisotopic (exact) mass is 280 g/mol. The lowest BCUT2D eigenvalue weighted by atomic mass is 10.5. The van der Waals surface area contributed by atoms with Crippen LogP contribution >= 0.6 is 0 Å². The van der Waals surface area contributed by atoms with Crippen LogP contribution in [-0.4, -0.2) is 39.1 Å². The van der Waals surface area contributed by atoms with E-state index in [0.717, 1.165) is 0 Å². The fourth-order valence-corrected chi connectivity index (χ4v) is 2.41. The van der Waals surface area contributed by atoms with E-state index in [1.54, 1.807) is 43.5 Å². The van der Waals surface area contributed by atoms with Crippen molar-refractivity contribution in [2.24, 2.45) is 0 Å². The van der Waals surface area contributed by atoms with Gasteiger partial charge in [-0.1, -0.05) is 0 Å². The van der Waals surface area contributed by atoms with E-state index in [2.05, 4.69) is 20.4 Å². The van der Waals surface area contributed by atoms with E-state index in [1.807, 2.05) is 49.1 Å². The molecule has 0 saturated heterocycles. The molecule has 0 unspecified atom stereocenters. The summed E-state index contributed by atoms with van der Waals surface area (Å²) >= 11 is 0. The molecule has 0 atom stereocenters. The van der Waals surface area contributed by atoms with Gasteiger partial charge < -0.3 is 0 Å². The first-order valence-corrected chi connectivity index (χ1v) is 6.43. The van der Waals surface area contributed by atoms with Crippen molar-refractivity contribution in [1.82, 2.24) is 39.1 Å². The molecule has 0 aliphatic carbocycles. The van der Waals surface area contributed by atoms with Crippen LogP contribution in [0.2, 0.25) is 0 Å². The predicted molar refractivity (Wildman–Crippen MR) is 73.1 cm³/mol. The minimum absolute atomic E-state index is 0.986. The lowest BCUT2D eigenvalue weighted by Gasteiger charge is -2.34. The van der Waals surface area contributed by atoms with Crippen molar-refractivity contribution < 1.29 is 0 Å². The van der Waals surface area contributed by atoms with Crippen LogP contribution in [0.1, 0.15) is 0 Å². The Morgan fingerprint density at radius 2 is 0.762 bits per heavy atom. The first-order valence-electron chi connectivity index (χ1n) is 6.43. The van der Waals surface area contributed by atoms with Crippen LogP contribution in [0.15, 0.2) is 73.8 Å². The van der Waals surface area contributed by atoms with Crippen molar-refractivity contribution in [2.45, 2.75) is 5.91 Å². The maximum absolute atomic E-state index is 4.39. The molecule has 0 amide bonds. The molecule has 0 spiro atoms. The van der Waals surface area contributed by atoms with Crippen LogP contribution < -0.4 is 0 Å². The largest absolute Gasteiger partial charge is 0.354 e. The third kappa shape index (κ3) is 1.55. The Kier molecular flexibility index (Phi) is 2.46. The molecule has 4 rings (SSSR count). The van der Waals surface area contributed by atoms with Gasteiger partial charge in [-0.3, -0.25) is 0 Å². The molecule has 0 fully saturated rings. The number of nitrogens with zero attached hydrogens (tertiary/aromatic N) is 8. The van der Waals surface area contributed by atoms with Gasteiger partial charge in [0.05, 0.1) is 0 Å². The summed E-state index contributed by atoms with van der Waals surface area (Å²) in [5, 5.41) is 17.6. The van der Waals surface area contributed by atoms with Gasteiger partial charge in [0.1, 0.15) is 0 Å². The molecule has 8 nitrogen and oxygen atoms in total. The number of hydrogen-bond acceptors (Lipinski definition) is 4. The Labute approximate surface area is 119 Å². The first kappa shape index (κ1) is 11.6. The van der Waals surface area contributed by atoms with Gasteiger partial charge in [0.2, 0.25) is 0 Å². The molecule has 0 bridgehead atoms. The average Bonchev–Trinajstić information content (AvgIpc) is 3.32. The molecule has 0 aromatic carbocycles. The van der Waals surface area contributed by atoms with Gasteiger partial charge >= 0.3 is 5.91 Å². The maximum Gasteiger partial charge on any atom is 0.354 e. The van der Waals surface area contributed by atoms with E-state index >= 15 is 0 Å². The predicted octanol–water partition coefficient (Wildman–Crippen LogP) is 0.685. The topological polar surface area (TPSA) is 71.3 Å². The second-order valence-corrected chi connectivity index (χ2v) is 4.40. The second-order valence-electron chi connectivity index (χ2n) is 4.40. The van der Waals surface area contributed by atoms with Gasteiger partial charge in [-0.2, -0.15) is 20.4 Å². The van der Waals surface area contributed by atoms with Gasteiger partial charge in [-0.05, 0) is 24.3 Å². The van der Waals surface area contributed by atoms with E-state index in [9.17, 15) is 0 Å². The van der Waals surface area contributed by atoms with Gasteiger partial charge in [0.15, 0.2) is 0 Å². The smallest absolute Gasteiger partial charge is 0.205 e. The average molecular weight is 280 g/mol. The number of aromatic nitrogens is 8. The fourth-order valence-electron chi connectivity index (χ4n) is 2.41. The number of hydrogen-bond donors (Lipinski definition) is 0. The Morgan fingerprint density at radius 3 is 0.952 bits per heavy atom. The standard InChI is InChI=1S/C13H12N8/c1-5-14-18(9-1)13(19-10-2-6-15-19,20-11-3-7-16-20)21-12-4-8-17-21/h1-12H. The normalized spacial score (nSPS) is 11.8. The van der Waals surface area contributed by atoms with Gasteiger partial charge in [-0.15, -0.1) is 0 Å². The minimum atomic E-state index is -0.986. The van der Waals surface area contributed by atoms with Crippen LogP contribution in [0, 0.1) is 0 Å². The zero-order chi connectivity index (χ0) is 14.1. The van der Waals surface area contributed by atoms with Gasteiger partial charge in [0.25, 0.3) is 0 Å². The first-order chi connectivity index (χ1) is 10.4. The van der Waals surface area contributed by atoms with Crippen molar-refractivity contribution in [2.75, 3.05) is 0 Å². The van der Waals surface area contributed by atoms with Crippen LogP contribution in [0.25, 0.3) is 0 Å². The van der Waals surface area contributed by atoms with Crippen molar-refractivity contribution >= 4 is 0 Å².